The SMILES string of the molecule is CCCC1CCC(C2CCC(C#CC#CC3(OC)CCC(C4CCC(CCC)CC4)CC3)(OC)CC2)CC1. The number of hydrogen-bond acceptors (Lipinski definition) is 2. The highest BCUT2D eigenvalue weighted by molar-refractivity contribution is 5.34. The maximum atomic E-state index is 6.04. The van der Waals surface area contributed by atoms with Crippen molar-refractivity contribution in [3.63, 3.8) is 0 Å². The molecule has 0 aliphatic heterocycles. The second-order valence-corrected chi connectivity index (χ2v) is 13.7. The molecule has 4 aliphatic carbocycles. The fraction of sp³-hybridized carbons (Fsp3) is 0.889. The van der Waals surface area contributed by atoms with Gasteiger partial charge in [0, 0.05) is 14.2 Å². The third-order valence-corrected chi connectivity index (χ3v) is 11.6. The average molecular weight is 523 g/mol. The average Bonchev–Trinajstić information content (AvgIpc) is 2.97. The molecule has 0 atom stereocenters. The van der Waals surface area contributed by atoms with Crippen LogP contribution in [0.15, 0.2) is 0 Å². The minimum absolute atomic E-state index is 0.293. The summed E-state index contributed by atoms with van der Waals surface area (Å²) in [7, 11) is 3.71. The van der Waals surface area contributed by atoms with Crippen molar-refractivity contribution in [2.75, 3.05) is 14.2 Å². The van der Waals surface area contributed by atoms with E-state index in [1.807, 2.05) is 14.2 Å². The Labute approximate surface area is 236 Å². The summed E-state index contributed by atoms with van der Waals surface area (Å²) in [5.74, 6) is 19.1. The van der Waals surface area contributed by atoms with Gasteiger partial charge in [-0.05, 0) is 124 Å². The molecule has 0 heterocycles. The predicted molar refractivity (Wildman–Crippen MR) is 160 cm³/mol. The van der Waals surface area contributed by atoms with E-state index < -0.39 is 0 Å². The van der Waals surface area contributed by atoms with Crippen molar-refractivity contribution in [1.29, 1.82) is 0 Å². The Balaban J connectivity index is 1.25. The highest BCUT2D eigenvalue weighted by Crippen LogP contribution is 2.45. The first kappa shape index (κ1) is 30.0. The molecule has 0 bridgehead atoms. The quantitative estimate of drug-likeness (QED) is 0.296. The molecule has 0 unspecified atom stereocenters. The summed E-state index contributed by atoms with van der Waals surface area (Å²) in [6.07, 6.45) is 26.5. The largest absolute Gasteiger partial charge is 0.366 e. The summed E-state index contributed by atoms with van der Waals surface area (Å²) in [5.41, 5.74) is -0.585. The third-order valence-electron chi connectivity index (χ3n) is 11.6. The third kappa shape index (κ3) is 7.82. The van der Waals surface area contributed by atoms with E-state index in [-0.39, 0.29) is 11.2 Å². The fourth-order valence-electron chi connectivity index (χ4n) is 8.92. The molecule has 0 aromatic carbocycles. The van der Waals surface area contributed by atoms with Crippen LogP contribution >= 0.6 is 0 Å². The topological polar surface area (TPSA) is 18.5 Å². The van der Waals surface area contributed by atoms with Gasteiger partial charge < -0.3 is 9.47 Å². The van der Waals surface area contributed by atoms with Gasteiger partial charge in [-0.1, -0.05) is 77.1 Å². The van der Waals surface area contributed by atoms with Crippen molar-refractivity contribution in [2.45, 2.75) is 153 Å². The Kier molecular flexibility index (Phi) is 11.5. The van der Waals surface area contributed by atoms with Crippen molar-refractivity contribution in [2.24, 2.45) is 35.5 Å². The standard InChI is InChI=1S/C36H58O2/c1-5-9-29-11-15-31(16-12-29)33-19-25-35(37-3,26-20-33)23-7-8-24-36(38-4)27-21-34(22-28-36)32-17-13-30(10-6-2)14-18-32/h29-34H,5-6,9-22,25-28H2,1-4H3. The molecule has 4 rings (SSSR count). The van der Waals surface area contributed by atoms with Gasteiger partial charge in [0.05, 0.1) is 0 Å². The van der Waals surface area contributed by atoms with E-state index >= 15 is 0 Å². The lowest BCUT2D eigenvalue weighted by Crippen LogP contribution is -2.37. The molecule has 2 nitrogen and oxygen atoms in total. The summed E-state index contributed by atoms with van der Waals surface area (Å²) in [6.45, 7) is 4.67. The zero-order valence-electron chi connectivity index (χ0n) is 25.4. The summed E-state index contributed by atoms with van der Waals surface area (Å²) in [6, 6.07) is 0. The van der Waals surface area contributed by atoms with E-state index in [1.165, 1.54) is 103 Å². The molecule has 0 aromatic heterocycles. The Morgan fingerprint density at radius 2 is 0.816 bits per heavy atom. The first-order chi connectivity index (χ1) is 18.5. The van der Waals surface area contributed by atoms with Gasteiger partial charge in [0.25, 0.3) is 0 Å². The Morgan fingerprint density at radius 1 is 0.500 bits per heavy atom. The predicted octanol–water partition coefficient (Wildman–Crippen LogP) is 9.36. The number of rotatable bonds is 8. The van der Waals surface area contributed by atoms with E-state index in [9.17, 15) is 0 Å². The van der Waals surface area contributed by atoms with Crippen LogP contribution < -0.4 is 0 Å². The van der Waals surface area contributed by atoms with E-state index in [0.29, 0.717) is 0 Å². The highest BCUT2D eigenvalue weighted by Gasteiger charge is 2.39. The van der Waals surface area contributed by atoms with Crippen LogP contribution in [0.5, 0.6) is 0 Å². The van der Waals surface area contributed by atoms with Crippen LogP contribution in [0.2, 0.25) is 0 Å². The van der Waals surface area contributed by atoms with Crippen molar-refractivity contribution < 1.29 is 9.47 Å². The molecule has 0 radical (unpaired) electrons. The lowest BCUT2D eigenvalue weighted by Gasteiger charge is -2.41. The molecule has 4 aliphatic rings. The Morgan fingerprint density at radius 3 is 1.11 bits per heavy atom. The van der Waals surface area contributed by atoms with Gasteiger partial charge in [0.2, 0.25) is 0 Å². The monoisotopic (exact) mass is 522 g/mol. The van der Waals surface area contributed by atoms with Gasteiger partial charge in [0.1, 0.15) is 11.2 Å². The van der Waals surface area contributed by atoms with Gasteiger partial charge in [-0.25, -0.2) is 0 Å². The van der Waals surface area contributed by atoms with E-state index in [2.05, 4.69) is 37.5 Å². The van der Waals surface area contributed by atoms with Crippen LogP contribution in [0.3, 0.4) is 0 Å². The molecule has 0 aromatic rings. The van der Waals surface area contributed by atoms with E-state index in [0.717, 1.165) is 61.2 Å². The van der Waals surface area contributed by atoms with Gasteiger partial charge >= 0.3 is 0 Å². The van der Waals surface area contributed by atoms with E-state index in [1.54, 1.807) is 0 Å². The van der Waals surface area contributed by atoms with Gasteiger partial charge in [0.15, 0.2) is 0 Å². The minimum Gasteiger partial charge on any atom is -0.366 e. The van der Waals surface area contributed by atoms with Gasteiger partial charge in [-0.2, -0.15) is 0 Å². The van der Waals surface area contributed by atoms with Crippen LogP contribution in [0.25, 0.3) is 0 Å². The van der Waals surface area contributed by atoms with Crippen LogP contribution in [0.1, 0.15) is 142 Å². The van der Waals surface area contributed by atoms with Crippen molar-refractivity contribution in [3.05, 3.63) is 0 Å². The van der Waals surface area contributed by atoms with Crippen LogP contribution in [-0.2, 0) is 9.47 Å². The second kappa shape index (κ2) is 14.6. The number of methoxy groups -OCH3 is 2. The zero-order valence-corrected chi connectivity index (χ0v) is 25.4. The lowest BCUT2D eigenvalue weighted by molar-refractivity contribution is -0.0131. The molecular formula is C36H58O2. The number of ether oxygens (including phenoxy) is 2. The highest BCUT2D eigenvalue weighted by atomic mass is 16.5. The van der Waals surface area contributed by atoms with Crippen LogP contribution in [-0.4, -0.2) is 25.4 Å². The molecule has 0 saturated heterocycles. The van der Waals surface area contributed by atoms with Crippen LogP contribution in [0.4, 0.5) is 0 Å². The lowest BCUT2D eigenvalue weighted by atomic mass is 9.67. The van der Waals surface area contributed by atoms with Crippen LogP contribution in [0, 0.1) is 59.2 Å². The molecule has 214 valence electrons. The molecular weight excluding hydrogens is 464 g/mol. The second-order valence-electron chi connectivity index (χ2n) is 13.7. The van der Waals surface area contributed by atoms with Gasteiger partial charge in [-0.15, -0.1) is 0 Å². The summed E-state index contributed by atoms with van der Waals surface area (Å²) >= 11 is 0. The number of hydrogen-bond donors (Lipinski definition) is 0. The van der Waals surface area contributed by atoms with Crippen molar-refractivity contribution >= 4 is 0 Å². The summed E-state index contributed by atoms with van der Waals surface area (Å²) in [4.78, 5) is 0. The molecule has 2 heteroatoms. The molecule has 4 fully saturated rings. The maximum absolute atomic E-state index is 6.04. The van der Waals surface area contributed by atoms with Crippen molar-refractivity contribution in [1.82, 2.24) is 0 Å². The summed E-state index contributed by atoms with van der Waals surface area (Å²) in [5, 5.41) is 0. The minimum atomic E-state index is -0.293. The Hall–Kier alpha value is -0.960. The first-order valence-electron chi connectivity index (χ1n) is 16.7. The first-order valence-corrected chi connectivity index (χ1v) is 16.7. The molecule has 4 saturated carbocycles. The molecule has 0 amide bonds. The van der Waals surface area contributed by atoms with Gasteiger partial charge in [-0.3, -0.25) is 0 Å². The normalized spacial score (nSPS) is 39.9. The Bertz CT molecular complexity index is 735. The smallest absolute Gasteiger partial charge is 0.129 e. The molecule has 0 spiro atoms. The fourth-order valence-corrected chi connectivity index (χ4v) is 8.92. The van der Waals surface area contributed by atoms with E-state index in [4.69, 9.17) is 9.47 Å². The maximum Gasteiger partial charge on any atom is 0.129 e. The molecule has 38 heavy (non-hydrogen) atoms. The van der Waals surface area contributed by atoms with Crippen molar-refractivity contribution in [3.8, 4) is 23.7 Å². The zero-order chi connectivity index (χ0) is 26.8. The summed E-state index contributed by atoms with van der Waals surface area (Å²) < 4.78 is 12.1. The molecule has 0 N–H and O–H groups in total.